The van der Waals surface area contributed by atoms with E-state index in [4.69, 9.17) is 0 Å². The molecule has 4 heteroatoms. The molecule has 62 valence electrons. The highest BCUT2D eigenvalue weighted by molar-refractivity contribution is 7.03. The van der Waals surface area contributed by atoms with Crippen molar-refractivity contribution < 1.29 is 0 Å². The van der Waals surface area contributed by atoms with E-state index in [-0.39, 0.29) is 0 Å². The van der Waals surface area contributed by atoms with E-state index < -0.39 is 0 Å². The SMILES string of the molecule is CCN=c1snc2ccccn12. The molecule has 0 saturated carbocycles. The first-order valence-electron chi connectivity index (χ1n) is 3.85. The number of rotatable bonds is 1. The summed E-state index contributed by atoms with van der Waals surface area (Å²) in [6.45, 7) is 2.83. The van der Waals surface area contributed by atoms with Gasteiger partial charge in [-0.3, -0.25) is 9.39 Å². The third-order valence-electron chi connectivity index (χ3n) is 1.56. The van der Waals surface area contributed by atoms with Crippen molar-refractivity contribution in [2.24, 2.45) is 4.99 Å². The Balaban J connectivity index is 2.79. The number of fused-ring (bicyclic) bond motifs is 1. The van der Waals surface area contributed by atoms with Crippen LogP contribution in [0.1, 0.15) is 6.92 Å². The fourth-order valence-electron chi connectivity index (χ4n) is 1.04. The van der Waals surface area contributed by atoms with Crippen LogP contribution in [0.25, 0.3) is 5.65 Å². The highest BCUT2D eigenvalue weighted by Gasteiger charge is 1.94. The van der Waals surface area contributed by atoms with Gasteiger partial charge in [-0.05, 0) is 19.1 Å². The van der Waals surface area contributed by atoms with Crippen LogP contribution in [0.2, 0.25) is 0 Å². The smallest absolute Gasteiger partial charge is 0.208 e. The predicted molar refractivity (Wildman–Crippen MR) is 49.2 cm³/mol. The van der Waals surface area contributed by atoms with Crippen molar-refractivity contribution in [3.05, 3.63) is 29.2 Å². The minimum atomic E-state index is 0.805. The van der Waals surface area contributed by atoms with E-state index in [2.05, 4.69) is 9.37 Å². The lowest BCUT2D eigenvalue weighted by atomic mass is 10.5. The first kappa shape index (κ1) is 7.49. The summed E-state index contributed by atoms with van der Waals surface area (Å²) in [6.07, 6.45) is 1.98. The molecule has 0 aliphatic heterocycles. The molecule has 2 rings (SSSR count). The van der Waals surface area contributed by atoms with Crippen molar-refractivity contribution in [3.8, 4) is 0 Å². The topological polar surface area (TPSA) is 29.7 Å². The van der Waals surface area contributed by atoms with Gasteiger partial charge in [0.25, 0.3) is 0 Å². The average Bonchev–Trinajstić information content (AvgIpc) is 2.50. The van der Waals surface area contributed by atoms with E-state index >= 15 is 0 Å². The second-order valence-electron chi connectivity index (χ2n) is 2.37. The molecule has 0 radical (unpaired) electrons. The molecule has 0 bridgehead atoms. The average molecular weight is 179 g/mol. The summed E-state index contributed by atoms with van der Waals surface area (Å²) >= 11 is 1.43. The molecular weight excluding hydrogens is 170 g/mol. The Kier molecular flexibility index (Phi) is 1.91. The van der Waals surface area contributed by atoms with Crippen molar-refractivity contribution in [2.75, 3.05) is 6.54 Å². The van der Waals surface area contributed by atoms with Gasteiger partial charge in [-0.25, -0.2) is 0 Å². The Bertz CT molecular complexity index is 440. The molecule has 2 heterocycles. The van der Waals surface area contributed by atoms with E-state index in [0.29, 0.717) is 0 Å². The van der Waals surface area contributed by atoms with Crippen LogP contribution in [0.5, 0.6) is 0 Å². The fourth-order valence-corrected chi connectivity index (χ4v) is 1.80. The molecule has 0 fully saturated rings. The number of hydrogen-bond donors (Lipinski definition) is 0. The van der Waals surface area contributed by atoms with Gasteiger partial charge in [0.15, 0.2) is 5.65 Å². The first-order chi connectivity index (χ1) is 5.92. The van der Waals surface area contributed by atoms with Gasteiger partial charge in [0.1, 0.15) is 0 Å². The maximum Gasteiger partial charge on any atom is 0.208 e. The lowest BCUT2D eigenvalue weighted by Crippen LogP contribution is -2.05. The molecule has 3 nitrogen and oxygen atoms in total. The summed E-state index contributed by atoms with van der Waals surface area (Å²) in [6, 6.07) is 5.94. The number of nitrogens with zero attached hydrogens (tertiary/aromatic N) is 3. The van der Waals surface area contributed by atoms with Crippen LogP contribution in [0.3, 0.4) is 0 Å². The molecule has 0 spiro atoms. The van der Waals surface area contributed by atoms with Crippen molar-refractivity contribution in [3.63, 3.8) is 0 Å². The maximum atomic E-state index is 4.31. The Hall–Kier alpha value is -1.16. The Morgan fingerprint density at radius 2 is 2.50 bits per heavy atom. The molecule has 0 unspecified atom stereocenters. The van der Waals surface area contributed by atoms with Crippen LogP contribution in [-0.4, -0.2) is 15.3 Å². The van der Waals surface area contributed by atoms with E-state index in [1.165, 1.54) is 11.5 Å². The van der Waals surface area contributed by atoms with Crippen LogP contribution in [-0.2, 0) is 0 Å². The predicted octanol–water partition coefficient (Wildman–Crippen LogP) is 1.32. The summed E-state index contributed by atoms with van der Waals surface area (Å²) in [5.41, 5.74) is 0.967. The van der Waals surface area contributed by atoms with E-state index in [9.17, 15) is 0 Å². The maximum absolute atomic E-state index is 4.31. The van der Waals surface area contributed by atoms with E-state index in [1.54, 1.807) is 0 Å². The molecule has 0 amide bonds. The van der Waals surface area contributed by atoms with Gasteiger partial charge >= 0.3 is 0 Å². The fraction of sp³-hybridized carbons (Fsp3) is 0.250. The summed E-state index contributed by atoms with van der Waals surface area (Å²) in [5.74, 6) is 0. The van der Waals surface area contributed by atoms with Gasteiger partial charge in [-0.15, -0.1) is 0 Å². The van der Waals surface area contributed by atoms with E-state index in [1.807, 2.05) is 35.7 Å². The van der Waals surface area contributed by atoms with Crippen LogP contribution in [0.15, 0.2) is 29.4 Å². The summed E-state index contributed by atoms with van der Waals surface area (Å²) in [5, 5.41) is 0. The van der Waals surface area contributed by atoms with Crippen LogP contribution < -0.4 is 4.80 Å². The second kappa shape index (κ2) is 3.06. The van der Waals surface area contributed by atoms with Gasteiger partial charge in [-0.2, -0.15) is 4.37 Å². The molecule has 2 aromatic heterocycles. The molecule has 0 saturated heterocycles. The highest BCUT2D eigenvalue weighted by atomic mass is 32.1. The molecule has 0 aliphatic rings. The Morgan fingerprint density at radius 3 is 3.33 bits per heavy atom. The van der Waals surface area contributed by atoms with Crippen LogP contribution >= 0.6 is 11.5 Å². The monoisotopic (exact) mass is 179 g/mol. The normalized spacial score (nSPS) is 12.6. The second-order valence-corrected chi connectivity index (χ2v) is 3.10. The molecule has 0 atom stereocenters. The van der Waals surface area contributed by atoms with Gasteiger partial charge in [0, 0.05) is 24.3 Å². The highest BCUT2D eigenvalue weighted by Crippen LogP contribution is 1.96. The number of pyridine rings is 1. The van der Waals surface area contributed by atoms with Crippen molar-refractivity contribution in [1.82, 2.24) is 8.77 Å². The van der Waals surface area contributed by atoms with Gasteiger partial charge < -0.3 is 0 Å². The van der Waals surface area contributed by atoms with Crippen LogP contribution in [0.4, 0.5) is 0 Å². The standard InChI is InChI=1S/C8H9N3S/c1-2-9-8-11-6-4-3-5-7(11)10-12-8/h3-6H,2H2,1H3. The third kappa shape index (κ3) is 1.14. The van der Waals surface area contributed by atoms with Crippen molar-refractivity contribution in [2.45, 2.75) is 6.92 Å². The lowest BCUT2D eigenvalue weighted by Gasteiger charge is -1.88. The van der Waals surface area contributed by atoms with Crippen LogP contribution in [0, 0.1) is 0 Å². The Morgan fingerprint density at radius 1 is 1.58 bits per heavy atom. The number of aromatic nitrogens is 2. The summed E-state index contributed by atoms with van der Waals surface area (Å²) in [7, 11) is 0. The van der Waals surface area contributed by atoms with E-state index in [0.717, 1.165) is 17.0 Å². The van der Waals surface area contributed by atoms with Gasteiger partial charge in [0.05, 0.1) is 0 Å². The number of hydrogen-bond acceptors (Lipinski definition) is 3. The van der Waals surface area contributed by atoms with Gasteiger partial charge in [-0.1, -0.05) is 6.07 Å². The molecule has 0 aromatic carbocycles. The quantitative estimate of drug-likeness (QED) is 0.649. The molecule has 12 heavy (non-hydrogen) atoms. The zero-order valence-electron chi connectivity index (χ0n) is 6.77. The lowest BCUT2D eigenvalue weighted by molar-refractivity contribution is 0.996. The van der Waals surface area contributed by atoms with Crippen molar-refractivity contribution in [1.29, 1.82) is 0 Å². The Labute approximate surface area is 74.2 Å². The third-order valence-corrected chi connectivity index (χ3v) is 2.33. The minimum Gasteiger partial charge on any atom is -0.276 e. The first-order valence-corrected chi connectivity index (χ1v) is 4.62. The summed E-state index contributed by atoms with van der Waals surface area (Å²) < 4.78 is 6.24. The molecule has 0 N–H and O–H groups in total. The molecular formula is C8H9N3S. The molecule has 2 aromatic rings. The summed E-state index contributed by atoms with van der Waals surface area (Å²) in [4.78, 5) is 5.28. The minimum absolute atomic E-state index is 0.805. The zero-order chi connectivity index (χ0) is 8.39. The van der Waals surface area contributed by atoms with Crippen molar-refractivity contribution >= 4 is 17.2 Å². The zero-order valence-corrected chi connectivity index (χ0v) is 7.58. The largest absolute Gasteiger partial charge is 0.276 e. The molecule has 0 aliphatic carbocycles. The van der Waals surface area contributed by atoms with Gasteiger partial charge in [0.2, 0.25) is 4.80 Å².